The fourth-order valence-electron chi connectivity index (χ4n) is 0.809. The molecule has 1 aromatic heterocycles. The van der Waals surface area contributed by atoms with E-state index >= 15 is 0 Å². The number of aryl methyl sites for hydroxylation is 1. The van der Waals surface area contributed by atoms with E-state index in [1.54, 1.807) is 12.3 Å². The van der Waals surface area contributed by atoms with Gasteiger partial charge in [0, 0.05) is 18.4 Å². The summed E-state index contributed by atoms with van der Waals surface area (Å²) in [6.07, 6.45) is 1.60. The molecule has 1 unspecified atom stereocenters. The summed E-state index contributed by atoms with van der Waals surface area (Å²) in [5.74, 6) is -0.942. The molecule has 0 aliphatic rings. The average Bonchev–Trinajstić information content (AvgIpc) is 2.14. The second kappa shape index (κ2) is 4.92. The van der Waals surface area contributed by atoms with Crippen LogP contribution in [0.5, 0.6) is 0 Å². The number of aliphatic carboxylic acids is 1. The van der Waals surface area contributed by atoms with Gasteiger partial charge >= 0.3 is 5.97 Å². The Morgan fingerprint density at radius 2 is 2.50 bits per heavy atom. The van der Waals surface area contributed by atoms with Crippen molar-refractivity contribution in [2.24, 2.45) is 5.73 Å². The van der Waals surface area contributed by atoms with E-state index in [1.807, 2.05) is 6.92 Å². The molecule has 0 aliphatic heterocycles. The van der Waals surface area contributed by atoms with Crippen molar-refractivity contribution in [1.82, 2.24) is 9.97 Å². The Bertz CT molecular complexity index is 332. The predicted molar refractivity (Wildman–Crippen MR) is 53.1 cm³/mol. The summed E-state index contributed by atoms with van der Waals surface area (Å²) < 4.78 is 0. The Hall–Kier alpha value is -1.14. The smallest absolute Gasteiger partial charge is 0.318 e. The third-order valence-electron chi connectivity index (χ3n) is 1.51. The zero-order valence-corrected chi connectivity index (χ0v) is 8.49. The molecule has 0 bridgehead atoms. The van der Waals surface area contributed by atoms with Gasteiger partial charge in [0.05, 0.1) is 0 Å². The van der Waals surface area contributed by atoms with Gasteiger partial charge in [-0.15, -0.1) is 0 Å². The van der Waals surface area contributed by atoms with Crippen LogP contribution in [0.3, 0.4) is 0 Å². The van der Waals surface area contributed by atoms with Crippen LogP contribution >= 0.6 is 11.8 Å². The van der Waals surface area contributed by atoms with E-state index < -0.39 is 11.2 Å². The number of hydrogen-bond acceptors (Lipinski definition) is 5. The lowest BCUT2D eigenvalue weighted by molar-refractivity contribution is -0.136. The standard InChI is InChI=1S/C8H11N3O2S/c1-5-2-3-10-8(11-5)14-6(4-9)7(12)13/h2-3,6H,4,9H2,1H3,(H,12,13). The van der Waals surface area contributed by atoms with E-state index in [-0.39, 0.29) is 6.54 Å². The van der Waals surface area contributed by atoms with Crippen molar-refractivity contribution in [3.8, 4) is 0 Å². The van der Waals surface area contributed by atoms with Crippen LogP contribution in [0.4, 0.5) is 0 Å². The van der Waals surface area contributed by atoms with Gasteiger partial charge in [-0.3, -0.25) is 4.79 Å². The summed E-state index contributed by atoms with van der Waals surface area (Å²) in [5.41, 5.74) is 6.11. The number of rotatable bonds is 4. The average molecular weight is 213 g/mol. The second-order valence-electron chi connectivity index (χ2n) is 2.66. The van der Waals surface area contributed by atoms with E-state index in [0.29, 0.717) is 5.16 Å². The maximum Gasteiger partial charge on any atom is 0.318 e. The lowest BCUT2D eigenvalue weighted by Crippen LogP contribution is -2.26. The summed E-state index contributed by atoms with van der Waals surface area (Å²) in [6.45, 7) is 1.89. The molecule has 3 N–H and O–H groups in total. The Morgan fingerprint density at radius 1 is 1.79 bits per heavy atom. The Morgan fingerprint density at radius 3 is 3.00 bits per heavy atom. The molecule has 0 amide bonds. The highest BCUT2D eigenvalue weighted by molar-refractivity contribution is 8.00. The summed E-state index contributed by atoms with van der Waals surface area (Å²) in [7, 11) is 0. The number of thioether (sulfide) groups is 1. The van der Waals surface area contributed by atoms with Gasteiger partial charge in [-0.1, -0.05) is 11.8 Å². The monoisotopic (exact) mass is 213 g/mol. The van der Waals surface area contributed by atoms with E-state index in [4.69, 9.17) is 10.8 Å². The molecule has 0 saturated heterocycles. The molecular weight excluding hydrogens is 202 g/mol. The Kier molecular flexibility index (Phi) is 3.84. The topological polar surface area (TPSA) is 89.1 Å². The molecule has 14 heavy (non-hydrogen) atoms. The quantitative estimate of drug-likeness (QED) is 0.552. The minimum Gasteiger partial charge on any atom is -0.480 e. The van der Waals surface area contributed by atoms with E-state index in [2.05, 4.69) is 9.97 Å². The van der Waals surface area contributed by atoms with Crippen LogP contribution in [0.1, 0.15) is 5.69 Å². The largest absolute Gasteiger partial charge is 0.480 e. The fraction of sp³-hybridized carbons (Fsp3) is 0.375. The molecule has 5 nitrogen and oxygen atoms in total. The first-order valence-corrected chi connectivity index (χ1v) is 4.90. The lowest BCUT2D eigenvalue weighted by atomic mass is 10.4. The highest BCUT2D eigenvalue weighted by atomic mass is 32.2. The number of nitrogens with two attached hydrogens (primary N) is 1. The van der Waals surface area contributed by atoms with Crippen molar-refractivity contribution in [3.05, 3.63) is 18.0 Å². The summed E-state index contributed by atoms with van der Waals surface area (Å²) in [6, 6.07) is 1.75. The van der Waals surface area contributed by atoms with Crippen molar-refractivity contribution in [1.29, 1.82) is 0 Å². The molecule has 0 radical (unpaired) electrons. The molecule has 1 heterocycles. The summed E-state index contributed by atoms with van der Waals surface area (Å²) >= 11 is 1.06. The molecule has 1 rings (SSSR count). The number of carbonyl (C=O) groups is 1. The molecular formula is C8H11N3O2S. The molecule has 76 valence electrons. The van der Waals surface area contributed by atoms with Crippen LogP contribution in [-0.4, -0.2) is 32.8 Å². The van der Waals surface area contributed by atoms with Crippen molar-refractivity contribution < 1.29 is 9.90 Å². The third kappa shape index (κ3) is 2.97. The minimum absolute atomic E-state index is 0.0668. The summed E-state index contributed by atoms with van der Waals surface area (Å²) in [5, 5.41) is 8.51. The molecule has 0 aliphatic carbocycles. The van der Waals surface area contributed by atoms with Crippen molar-refractivity contribution >= 4 is 17.7 Å². The normalized spacial score (nSPS) is 12.4. The first-order valence-electron chi connectivity index (χ1n) is 4.02. The van der Waals surface area contributed by atoms with Gasteiger partial charge < -0.3 is 10.8 Å². The van der Waals surface area contributed by atoms with E-state index in [9.17, 15) is 4.79 Å². The third-order valence-corrected chi connectivity index (χ3v) is 2.60. The number of nitrogens with zero attached hydrogens (tertiary/aromatic N) is 2. The minimum atomic E-state index is -0.942. The van der Waals surface area contributed by atoms with Crippen molar-refractivity contribution in [3.63, 3.8) is 0 Å². The van der Waals surface area contributed by atoms with Gasteiger partial charge in [-0.25, -0.2) is 9.97 Å². The number of carboxylic acid groups (broad SMARTS) is 1. The molecule has 0 aromatic carbocycles. The molecule has 1 atom stereocenters. The number of carboxylic acids is 1. The van der Waals surface area contributed by atoms with Crippen LogP contribution in [0.25, 0.3) is 0 Å². The van der Waals surface area contributed by atoms with Crippen LogP contribution in [-0.2, 0) is 4.79 Å². The molecule has 0 spiro atoms. The van der Waals surface area contributed by atoms with Gasteiger partial charge in [0.15, 0.2) is 5.16 Å². The highest BCUT2D eigenvalue weighted by Gasteiger charge is 2.18. The number of hydrogen-bond donors (Lipinski definition) is 2. The maximum atomic E-state index is 10.7. The van der Waals surface area contributed by atoms with Crippen molar-refractivity contribution in [2.75, 3.05) is 6.54 Å². The Labute approximate surface area is 85.7 Å². The van der Waals surface area contributed by atoms with Gasteiger partial charge in [0.2, 0.25) is 0 Å². The Balaban J connectivity index is 2.72. The van der Waals surface area contributed by atoms with Gasteiger partial charge in [-0.2, -0.15) is 0 Å². The van der Waals surface area contributed by atoms with E-state index in [1.165, 1.54) is 0 Å². The maximum absolute atomic E-state index is 10.7. The zero-order valence-electron chi connectivity index (χ0n) is 7.67. The molecule has 1 aromatic rings. The van der Waals surface area contributed by atoms with E-state index in [0.717, 1.165) is 17.5 Å². The molecule has 6 heteroatoms. The SMILES string of the molecule is Cc1ccnc(SC(CN)C(=O)O)n1. The van der Waals surface area contributed by atoms with Crippen molar-refractivity contribution in [2.45, 2.75) is 17.3 Å². The number of aromatic nitrogens is 2. The summed E-state index contributed by atoms with van der Waals surface area (Å²) in [4.78, 5) is 18.7. The van der Waals surface area contributed by atoms with Crippen LogP contribution in [0, 0.1) is 6.92 Å². The first kappa shape index (κ1) is 10.9. The van der Waals surface area contributed by atoms with Gasteiger partial charge in [0.1, 0.15) is 5.25 Å². The second-order valence-corrected chi connectivity index (χ2v) is 3.83. The molecule has 0 fully saturated rings. The first-order chi connectivity index (χ1) is 6.63. The highest BCUT2D eigenvalue weighted by Crippen LogP contribution is 2.18. The fourth-order valence-corrected chi connectivity index (χ4v) is 1.58. The predicted octanol–water partition coefficient (Wildman–Crippen LogP) is 0.289. The van der Waals surface area contributed by atoms with Crippen LogP contribution in [0.15, 0.2) is 17.4 Å². The van der Waals surface area contributed by atoms with Crippen LogP contribution < -0.4 is 5.73 Å². The van der Waals surface area contributed by atoms with Gasteiger partial charge in [0.25, 0.3) is 0 Å². The lowest BCUT2D eigenvalue weighted by Gasteiger charge is -2.07. The molecule has 0 saturated carbocycles. The van der Waals surface area contributed by atoms with Gasteiger partial charge in [-0.05, 0) is 13.0 Å². The zero-order chi connectivity index (χ0) is 10.6. The van der Waals surface area contributed by atoms with Crippen LogP contribution in [0.2, 0.25) is 0 Å².